The van der Waals surface area contributed by atoms with E-state index in [0.717, 1.165) is 5.56 Å². The molecule has 3 rings (SSSR count). The molecule has 2 amide bonds. The van der Waals surface area contributed by atoms with Crippen LogP contribution in [0.15, 0.2) is 29.1 Å². The number of carbonyl (C=O) groups excluding carboxylic acids is 2. The highest BCUT2D eigenvalue weighted by molar-refractivity contribution is 7.98. The van der Waals surface area contributed by atoms with Gasteiger partial charge in [-0.05, 0) is 73.1 Å². The molecule has 0 saturated carbocycles. The summed E-state index contributed by atoms with van der Waals surface area (Å²) in [5, 5.41) is 17.7. The summed E-state index contributed by atoms with van der Waals surface area (Å²) in [4.78, 5) is 50.0. The number of hydrogen-bond donors (Lipinski definition) is 4. The molecular formula is C29H37N3O8S. The monoisotopic (exact) mass is 587 g/mol. The molecule has 0 unspecified atom stereocenters. The van der Waals surface area contributed by atoms with E-state index < -0.39 is 35.4 Å². The van der Waals surface area contributed by atoms with Gasteiger partial charge in [-0.1, -0.05) is 6.07 Å². The standard InChI is InChI=1S/C29H37N3O8S/c1-15(29(36)37)30-28(35)22(11-12-41-6)32-21-10-8-18-19(14-23(21)34)20(31-16(2)33)9-7-17-13-24(38-3)26(39-4)27(40-5)25(17)18/h8,10,13-15,20,22H,7,9,11-12H2,1-6H3,(H,30,35)(H,31,33)(H,32,34)(H,36,37)/t15-,20-,22-/m0/s1. The van der Waals surface area contributed by atoms with Gasteiger partial charge in [-0.2, -0.15) is 11.8 Å². The zero-order valence-corrected chi connectivity index (χ0v) is 24.9. The van der Waals surface area contributed by atoms with Crippen LogP contribution in [0.5, 0.6) is 17.2 Å². The average Bonchev–Trinajstić information content (AvgIpc) is 3.18. The van der Waals surface area contributed by atoms with Gasteiger partial charge >= 0.3 is 5.97 Å². The smallest absolute Gasteiger partial charge is 0.325 e. The van der Waals surface area contributed by atoms with Crippen LogP contribution in [0.1, 0.15) is 43.9 Å². The third-order valence-corrected chi connectivity index (χ3v) is 7.55. The van der Waals surface area contributed by atoms with Gasteiger partial charge in [0.25, 0.3) is 0 Å². The molecule has 0 spiro atoms. The first-order chi connectivity index (χ1) is 19.6. The number of carboxylic acids is 1. The Morgan fingerprint density at radius 1 is 1.10 bits per heavy atom. The van der Waals surface area contributed by atoms with Gasteiger partial charge in [0.1, 0.15) is 12.1 Å². The Morgan fingerprint density at radius 3 is 2.39 bits per heavy atom. The summed E-state index contributed by atoms with van der Waals surface area (Å²) in [6.45, 7) is 2.80. The zero-order valence-electron chi connectivity index (χ0n) is 24.1. The first kappa shape index (κ1) is 31.6. The SMILES string of the molecule is COc1cc2c(c(OC)c1OC)-c1ccc(N[C@@H](CCSC)C(=O)N[C@@H](C)C(=O)O)c(=O)cc1[C@@H](NC(C)=O)CC2. The lowest BCUT2D eigenvalue weighted by Crippen LogP contribution is -2.47. The molecule has 0 radical (unpaired) electrons. The van der Waals surface area contributed by atoms with Crippen molar-refractivity contribution >= 4 is 35.2 Å². The van der Waals surface area contributed by atoms with Crippen molar-refractivity contribution in [1.29, 1.82) is 0 Å². The molecule has 0 aliphatic heterocycles. The van der Waals surface area contributed by atoms with Crippen LogP contribution in [-0.4, -0.2) is 68.3 Å². The summed E-state index contributed by atoms with van der Waals surface area (Å²) in [6.07, 6.45) is 3.33. The zero-order chi connectivity index (χ0) is 30.3. The van der Waals surface area contributed by atoms with E-state index in [1.54, 1.807) is 12.1 Å². The highest BCUT2D eigenvalue weighted by Gasteiger charge is 2.30. The Hall–Kier alpha value is -3.93. The average molecular weight is 588 g/mol. The predicted molar refractivity (Wildman–Crippen MR) is 158 cm³/mol. The fourth-order valence-corrected chi connectivity index (χ4v) is 5.37. The van der Waals surface area contributed by atoms with E-state index in [0.29, 0.717) is 59.0 Å². The van der Waals surface area contributed by atoms with Gasteiger partial charge in [-0.3, -0.25) is 19.2 Å². The third-order valence-electron chi connectivity index (χ3n) is 6.90. The number of nitrogens with one attached hydrogen (secondary N) is 3. The second-order valence-corrected chi connectivity index (χ2v) is 10.6. The van der Waals surface area contributed by atoms with Crippen molar-refractivity contribution in [1.82, 2.24) is 10.6 Å². The summed E-state index contributed by atoms with van der Waals surface area (Å²) in [7, 11) is 4.57. The van der Waals surface area contributed by atoms with Gasteiger partial charge in [-0.15, -0.1) is 0 Å². The Bertz CT molecular complexity index is 1370. The molecular weight excluding hydrogens is 550 g/mol. The maximum absolute atomic E-state index is 13.6. The highest BCUT2D eigenvalue weighted by atomic mass is 32.2. The number of hydrogen-bond acceptors (Lipinski definition) is 9. The van der Waals surface area contributed by atoms with Gasteiger partial charge in [0.2, 0.25) is 23.0 Å². The van der Waals surface area contributed by atoms with E-state index in [-0.39, 0.29) is 11.6 Å². The molecule has 11 nitrogen and oxygen atoms in total. The number of methoxy groups -OCH3 is 3. The molecule has 1 aliphatic carbocycles. The molecule has 2 aromatic rings. The number of aryl methyl sites for hydroxylation is 1. The van der Waals surface area contributed by atoms with Crippen LogP contribution in [-0.2, 0) is 20.8 Å². The molecule has 0 aromatic heterocycles. The minimum absolute atomic E-state index is 0.157. The molecule has 1 aliphatic rings. The molecule has 4 N–H and O–H groups in total. The molecule has 0 bridgehead atoms. The minimum atomic E-state index is -1.16. The Morgan fingerprint density at radius 2 is 1.80 bits per heavy atom. The number of fused-ring (bicyclic) bond motifs is 3. The number of benzene rings is 1. The normalized spacial score (nSPS) is 15.2. The summed E-state index contributed by atoms with van der Waals surface area (Å²) in [5.41, 5.74) is 2.61. The maximum Gasteiger partial charge on any atom is 0.325 e. The van der Waals surface area contributed by atoms with Gasteiger partial charge in [0.05, 0.1) is 33.1 Å². The van der Waals surface area contributed by atoms with Crippen molar-refractivity contribution in [3.8, 4) is 28.4 Å². The molecule has 41 heavy (non-hydrogen) atoms. The van der Waals surface area contributed by atoms with Crippen molar-refractivity contribution < 1.29 is 33.7 Å². The van der Waals surface area contributed by atoms with Crippen LogP contribution in [0, 0.1) is 0 Å². The lowest BCUT2D eigenvalue weighted by molar-refractivity contribution is -0.141. The molecule has 2 aromatic carbocycles. The summed E-state index contributed by atoms with van der Waals surface area (Å²) >= 11 is 1.53. The molecule has 0 heterocycles. The van der Waals surface area contributed by atoms with Gasteiger partial charge in [0, 0.05) is 12.5 Å². The van der Waals surface area contributed by atoms with Gasteiger partial charge < -0.3 is 35.3 Å². The third kappa shape index (κ3) is 7.24. The number of amides is 2. The Kier molecular flexibility index (Phi) is 10.9. The number of ether oxygens (including phenoxy) is 3. The number of carbonyl (C=O) groups is 3. The summed E-state index contributed by atoms with van der Waals surface area (Å²) < 4.78 is 17.0. The first-order valence-electron chi connectivity index (χ1n) is 13.1. The quantitative estimate of drug-likeness (QED) is 0.292. The van der Waals surface area contributed by atoms with Crippen LogP contribution in [0.4, 0.5) is 5.69 Å². The van der Waals surface area contributed by atoms with E-state index in [1.807, 2.05) is 12.3 Å². The van der Waals surface area contributed by atoms with Gasteiger partial charge in [0.15, 0.2) is 11.5 Å². The molecule has 0 fully saturated rings. The van der Waals surface area contributed by atoms with E-state index in [2.05, 4.69) is 16.0 Å². The van der Waals surface area contributed by atoms with E-state index in [1.165, 1.54) is 53.0 Å². The second kappa shape index (κ2) is 14.1. The van der Waals surface area contributed by atoms with Crippen LogP contribution < -0.4 is 35.6 Å². The van der Waals surface area contributed by atoms with Crippen LogP contribution in [0.25, 0.3) is 11.1 Å². The van der Waals surface area contributed by atoms with Crippen LogP contribution in [0.3, 0.4) is 0 Å². The predicted octanol–water partition coefficient (Wildman–Crippen LogP) is 2.99. The number of carboxylic acid groups (broad SMARTS) is 1. The van der Waals surface area contributed by atoms with E-state index in [9.17, 15) is 24.3 Å². The first-order valence-corrected chi connectivity index (χ1v) is 14.5. The maximum atomic E-state index is 13.6. The largest absolute Gasteiger partial charge is 0.493 e. The topological polar surface area (TPSA) is 152 Å². The van der Waals surface area contributed by atoms with Crippen molar-refractivity contribution in [3.05, 3.63) is 45.6 Å². The van der Waals surface area contributed by atoms with Crippen molar-refractivity contribution in [2.45, 2.75) is 51.2 Å². The molecule has 222 valence electrons. The van der Waals surface area contributed by atoms with E-state index >= 15 is 0 Å². The minimum Gasteiger partial charge on any atom is -0.493 e. The lowest BCUT2D eigenvalue weighted by Gasteiger charge is -2.20. The van der Waals surface area contributed by atoms with Gasteiger partial charge in [-0.25, -0.2) is 0 Å². The van der Waals surface area contributed by atoms with E-state index in [4.69, 9.17) is 14.2 Å². The van der Waals surface area contributed by atoms with Crippen molar-refractivity contribution in [2.75, 3.05) is 38.7 Å². The van der Waals surface area contributed by atoms with Crippen molar-refractivity contribution in [3.63, 3.8) is 0 Å². The summed E-state index contributed by atoms with van der Waals surface area (Å²) in [5.74, 6) is -0.00882. The van der Waals surface area contributed by atoms with Crippen molar-refractivity contribution in [2.24, 2.45) is 0 Å². The number of rotatable bonds is 12. The summed E-state index contributed by atoms with van der Waals surface area (Å²) in [6, 6.07) is 4.27. The van der Waals surface area contributed by atoms with Crippen LogP contribution >= 0.6 is 11.8 Å². The lowest BCUT2D eigenvalue weighted by atomic mass is 9.95. The number of aliphatic carboxylic acids is 1. The Balaban J connectivity index is 2.21. The fourth-order valence-electron chi connectivity index (χ4n) is 4.89. The molecule has 12 heteroatoms. The Labute approximate surface area is 243 Å². The fraction of sp³-hybridized carbons (Fsp3) is 0.448. The number of thioether (sulfide) groups is 1. The molecule has 0 saturated heterocycles. The number of anilines is 1. The van der Waals surface area contributed by atoms with Crippen LogP contribution in [0.2, 0.25) is 0 Å². The second-order valence-electron chi connectivity index (χ2n) is 9.64. The highest BCUT2D eigenvalue weighted by Crippen LogP contribution is 2.50. The molecule has 3 atom stereocenters.